The van der Waals surface area contributed by atoms with Crippen molar-refractivity contribution in [2.24, 2.45) is 5.10 Å². The molecule has 0 spiro atoms. The quantitative estimate of drug-likeness (QED) is 0.195. The second-order valence-electron chi connectivity index (χ2n) is 5.94. The zero-order valence-electron chi connectivity index (χ0n) is 15.1. The lowest BCUT2D eigenvalue weighted by Gasteiger charge is -2.08. The van der Waals surface area contributed by atoms with Crippen LogP contribution >= 0.6 is 0 Å². The Morgan fingerprint density at radius 1 is 0.867 bits per heavy atom. The SMILES string of the molecule is N#Cc1ccccc1COc1ccc(C=NNc2c(F)c(F)c(F)c(F)c2F)cc1. The first-order valence-corrected chi connectivity index (χ1v) is 8.43. The number of anilines is 1. The highest BCUT2D eigenvalue weighted by atomic mass is 19.2. The molecular weight excluding hydrogens is 405 g/mol. The molecule has 0 aromatic heterocycles. The van der Waals surface area contributed by atoms with Gasteiger partial charge in [-0.1, -0.05) is 18.2 Å². The standard InChI is InChI=1S/C21H12F5N3O/c22-16-17(23)19(25)21(20(26)18(16)24)29-28-10-12-5-7-15(8-6-12)30-11-14-4-2-1-3-13(14)9-27/h1-8,10,29H,11H2. The van der Waals surface area contributed by atoms with Gasteiger partial charge in [0, 0.05) is 5.56 Å². The third kappa shape index (κ3) is 4.38. The third-order valence-corrected chi connectivity index (χ3v) is 4.01. The van der Waals surface area contributed by atoms with Crippen molar-refractivity contribution in [1.82, 2.24) is 0 Å². The lowest BCUT2D eigenvalue weighted by Crippen LogP contribution is -2.06. The van der Waals surface area contributed by atoms with E-state index in [9.17, 15) is 22.0 Å². The minimum atomic E-state index is -2.24. The Labute approximate surface area is 167 Å². The van der Waals surface area contributed by atoms with Crippen LogP contribution in [0.1, 0.15) is 16.7 Å². The van der Waals surface area contributed by atoms with Crippen LogP contribution in [0, 0.1) is 40.4 Å². The summed E-state index contributed by atoms with van der Waals surface area (Å²) in [5.41, 5.74) is 2.26. The number of nitriles is 1. The average molecular weight is 417 g/mol. The number of halogens is 5. The number of nitrogens with one attached hydrogen (secondary N) is 1. The highest BCUT2D eigenvalue weighted by molar-refractivity contribution is 5.80. The van der Waals surface area contributed by atoms with E-state index < -0.39 is 34.8 Å². The van der Waals surface area contributed by atoms with E-state index in [1.54, 1.807) is 48.5 Å². The van der Waals surface area contributed by atoms with Crippen molar-refractivity contribution < 1.29 is 26.7 Å². The van der Waals surface area contributed by atoms with E-state index in [0.717, 1.165) is 11.8 Å². The van der Waals surface area contributed by atoms with Crippen molar-refractivity contribution in [3.05, 3.63) is 94.3 Å². The number of rotatable bonds is 6. The molecule has 3 aromatic carbocycles. The molecule has 4 nitrogen and oxygen atoms in total. The summed E-state index contributed by atoms with van der Waals surface area (Å²) in [6, 6.07) is 15.4. The summed E-state index contributed by atoms with van der Waals surface area (Å²) in [6.45, 7) is 0.180. The first-order chi connectivity index (χ1) is 14.4. The summed E-state index contributed by atoms with van der Waals surface area (Å²) in [5.74, 6) is -9.90. The minimum absolute atomic E-state index is 0.180. The Morgan fingerprint density at radius 2 is 1.47 bits per heavy atom. The molecule has 1 N–H and O–H groups in total. The molecule has 0 radical (unpaired) electrons. The molecule has 0 aliphatic carbocycles. The van der Waals surface area contributed by atoms with Crippen molar-refractivity contribution in [3.63, 3.8) is 0 Å². The van der Waals surface area contributed by atoms with Gasteiger partial charge in [0.1, 0.15) is 18.0 Å². The molecule has 0 aliphatic rings. The average Bonchev–Trinajstić information content (AvgIpc) is 2.78. The molecule has 9 heteroatoms. The van der Waals surface area contributed by atoms with E-state index in [-0.39, 0.29) is 6.61 Å². The second kappa shape index (κ2) is 9.05. The van der Waals surface area contributed by atoms with Gasteiger partial charge in [0.15, 0.2) is 23.3 Å². The Kier molecular flexibility index (Phi) is 6.27. The molecule has 0 atom stereocenters. The number of nitrogens with zero attached hydrogens (tertiary/aromatic N) is 2. The molecule has 152 valence electrons. The smallest absolute Gasteiger partial charge is 0.200 e. The Morgan fingerprint density at radius 3 is 2.10 bits per heavy atom. The van der Waals surface area contributed by atoms with Gasteiger partial charge >= 0.3 is 0 Å². The van der Waals surface area contributed by atoms with Gasteiger partial charge in [-0.3, -0.25) is 5.43 Å². The van der Waals surface area contributed by atoms with Crippen molar-refractivity contribution in [2.45, 2.75) is 6.61 Å². The van der Waals surface area contributed by atoms with Gasteiger partial charge in [0.25, 0.3) is 0 Å². The highest BCUT2D eigenvalue weighted by Crippen LogP contribution is 2.27. The number of hydrogen-bond acceptors (Lipinski definition) is 4. The maximum Gasteiger partial charge on any atom is 0.200 e. The molecule has 0 aliphatic heterocycles. The van der Waals surface area contributed by atoms with E-state index >= 15 is 0 Å². The van der Waals surface area contributed by atoms with Crippen molar-refractivity contribution in [2.75, 3.05) is 5.43 Å². The second-order valence-corrected chi connectivity index (χ2v) is 5.94. The third-order valence-electron chi connectivity index (χ3n) is 4.01. The first-order valence-electron chi connectivity index (χ1n) is 8.43. The Balaban J connectivity index is 1.65. The number of benzene rings is 3. The van der Waals surface area contributed by atoms with Crippen LogP contribution in [-0.2, 0) is 6.61 Å². The van der Waals surface area contributed by atoms with Crippen LogP contribution < -0.4 is 10.2 Å². The summed E-state index contributed by atoms with van der Waals surface area (Å²) >= 11 is 0. The summed E-state index contributed by atoms with van der Waals surface area (Å²) in [4.78, 5) is 0. The van der Waals surface area contributed by atoms with E-state index in [2.05, 4.69) is 11.2 Å². The molecule has 30 heavy (non-hydrogen) atoms. The van der Waals surface area contributed by atoms with Gasteiger partial charge in [-0.25, -0.2) is 22.0 Å². The van der Waals surface area contributed by atoms with Crippen molar-refractivity contribution in [3.8, 4) is 11.8 Å². The largest absolute Gasteiger partial charge is 0.489 e. The van der Waals surface area contributed by atoms with Gasteiger partial charge in [-0.2, -0.15) is 10.4 Å². The zero-order chi connectivity index (χ0) is 21.7. The summed E-state index contributed by atoms with van der Waals surface area (Å²) in [6.07, 6.45) is 1.13. The predicted octanol–water partition coefficient (Wildman–Crippen LogP) is 5.28. The van der Waals surface area contributed by atoms with Crippen molar-refractivity contribution in [1.29, 1.82) is 5.26 Å². The molecule has 0 fully saturated rings. The molecule has 0 bridgehead atoms. The van der Waals surface area contributed by atoms with E-state index in [0.29, 0.717) is 16.9 Å². The maximum atomic E-state index is 13.6. The van der Waals surface area contributed by atoms with Gasteiger partial charge in [0.2, 0.25) is 5.82 Å². The van der Waals surface area contributed by atoms with Crippen LogP contribution in [0.4, 0.5) is 27.6 Å². The summed E-state index contributed by atoms with van der Waals surface area (Å²) in [7, 11) is 0. The molecule has 0 saturated heterocycles. The van der Waals surface area contributed by atoms with Crippen LogP contribution in [0.2, 0.25) is 0 Å². The molecule has 0 unspecified atom stereocenters. The van der Waals surface area contributed by atoms with Gasteiger partial charge in [-0.15, -0.1) is 0 Å². The highest BCUT2D eigenvalue weighted by Gasteiger charge is 2.25. The summed E-state index contributed by atoms with van der Waals surface area (Å²) < 4.78 is 72.1. The predicted molar refractivity (Wildman–Crippen MR) is 99.4 cm³/mol. The first kappa shape index (κ1) is 20.8. The Bertz CT molecular complexity index is 1110. The molecule has 3 aromatic rings. The molecule has 0 amide bonds. The summed E-state index contributed by atoms with van der Waals surface area (Å²) in [5, 5.41) is 12.6. The minimum Gasteiger partial charge on any atom is -0.489 e. The van der Waals surface area contributed by atoms with Crippen LogP contribution in [-0.4, -0.2) is 6.21 Å². The molecule has 3 rings (SSSR count). The van der Waals surface area contributed by atoms with Crippen LogP contribution in [0.25, 0.3) is 0 Å². The zero-order valence-corrected chi connectivity index (χ0v) is 15.1. The lowest BCUT2D eigenvalue weighted by atomic mass is 10.1. The fourth-order valence-corrected chi connectivity index (χ4v) is 2.44. The van der Waals surface area contributed by atoms with E-state index in [4.69, 9.17) is 10.00 Å². The van der Waals surface area contributed by atoms with Gasteiger partial charge < -0.3 is 4.74 Å². The Hall–Kier alpha value is -3.93. The van der Waals surface area contributed by atoms with E-state index in [1.807, 2.05) is 5.43 Å². The van der Waals surface area contributed by atoms with Crippen LogP contribution in [0.5, 0.6) is 5.75 Å². The topological polar surface area (TPSA) is 57.4 Å². The number of hydrazone groups is 1. The van der Waals surface area contributed by atoms with Gasteiger partial charge in [0.05, 0.1) is 17.8 Å². The van der Waals surface area contributed by atoms with Crippen LogP contribution in [0.3, 0.4) is 0 Å². The number of hydrogen-bond donors (Lipinski definition) is 1. The molecular formula is C21H12F5N3O. The van der Waals surface area contributed by atoms with Crippen molar-refractivity contribution >= 4 is 11.9 Å². The lowest BCUT2D eigenvalue weighted by molar-refractivity contribution is 0.306. The van der Waals surface area contributed by atoms with E-state index in [1.165, 1.54) is 0 Å². The molecule has 0 saturated carbocycles. The van der Waals surface area contributed by atoms with Crippen LogP contribution in [0.15, 0.2) is 53.6 Å². The van der Waals surface area contributed by atoms with Gasteiger partial charge in [-0.05, 0) is 35.9 Å². The fraction of sp³-hybridized carbons (Fsp3) is 0.0476. The molecule has 0 heterocycles. The maximum absolute atomic E-state index is 13.6. The normalized spacial score (nSPS) is 10.8. The monoisotopic (exact) mass is 417 g/mol. The fourth-order valence-electron chi connectivity index (χ4n) is 2.44. The number of ether oxygens (including phenoxy) is 1.